The van der Waals surface area contributed by atoms with Gasteiger partial charge in [-0.05, 0) is 13.0 Å². The third kappa shape index (κ3) is 2.28. The first-order valence-corrected chi connectivity index (χ1v) is 8.35. The van der Waals surface area contributed by atoms with Gasteiger partial charge >= 0.3 is 5.97 Å². The maximum absolute atomic E-state index is 12.4. The normalized spacial score (nSPS) is 36.7. The minimum absolute atomic E-state index is 0.329. The molecule has 1 fully saturated rings. The summed E-state index contributed by atoms with van der Waals surface area (Å²) in [6, 6.07) is 7.34. The van der Waals surface area contributed by atoms with Gasteiger partial charge in [-0.25, -0.2) is 4.79 Å². The predicted molar refractivity (Wildman–Crippen MR) is 79.3 cm³/mol. The molecule has 0 saturated carbocycles. The van der Waals surface area contributed by atoms with Crippen LogP contribution in [0.2, 0.25) is 0 Å². The lowest BCUT2D eigenvalue weighted by molar-refractivity contribution is -0.152. The molecule has 5 atom stereocenters. The molecule has 23 heavy (non-hydrogen) atoms. The quantitative estimate of drug-likeness (QED) is 0.498. The monoisotopic (exact) mass is 334 g/mol. The van der Waals surface area contributed by atoms with Gasteiger partial charge in [0.1, 0.15) is 0 Å². The molecule has 1 N–H and O–H groups in total. The van der Waals surface area contributed by atoms with Crippen LogP contribution in [0.3, 0.4) is 0 Å². The van der Waals surface area contributed by atoms with E-state index < -0.39 is 35.2 Å². The van der Waals surface area contributed by atoms with Crippen LogP contribution in [-0.2, 0) is 30.2 Å². The van der Waals surface area contributed by atoms with Gasteiger partial charge in [-0.1, -0.05) is 18.2 Å². The van der Waals surface area contributed by atoms with Crippen molar-refractivity contribution in [3.63, 3.8) is 0 Å². The van der Waals surface area contributed by atoms with Crippen LogP contribution in [0.1, 0.15) is 18.4 Å². The number of ether oxygens (including phenoxy) is 3. The number of hydrogen-bond acceptors (Lipinski definition) is 6. The Morgan fingerprint density at radius 2 is 2.17 bits per heavy atom. The first kappa shape index (κ1) is 14.8. The third-order valence-corrected chi connectivity index (χ3v) is 5.74. The number of aliphatic hydroxyl groups is 1. The molecule has 4 rings (SSSR count). The van der Waals surface area contributed by atoms with E-state index in [4.69, 9.17) is 14.2 Å². The zero-order valence-corrected chi connectivity index (χ0v) is 13.0. The van der Waals surface area contributed by atoms with Crippen molar-refractivity contribution in [1.29, 1.82) is 0 Å². The highest BCUT2D eigenvalue weighted by Gasteiger charge is 2.55. The highest BCUT2D eigenvalue weighted by atomic mass is 32.2. The van der Waals surface area contributed by atoms with E-state index in [1.165, 1.54) is 6.26 Å². The van der Waals surface area contributed by atoms with Gasteiger partial charge in [-0.15, -0.1) is 0 Å². The molecular weight excluding hydrogens is 320 g/mol. The van der Waals surface area contributed by atoms with E-state index in [0.29, 0.717) is 16.0 Å². The summed E-state index contributed by atoms with van der Waals surface area (Å²) < 4.78 is 28.3. The van der Waals surface area contributed by atoms with Gasteiger partial charge in [0.05, 0.1) is 12.2 Å². The average Bonchev–Trinajstić information content (AvgIpc) is 3.12. The largest absolute Gasteiger partial charge is 0.609 e. The third-order valence-electron chi connectivity index (χ3n) is 4.13. The summed E-state index contributed by atoms with van der Waals surface area (Å²) >= 11 is -1.34. The van der Waals surface area contributed by atoms with E-state index in [1.54, 1.807) is 19.1 Å². The predicted octanol–water partition coefficient (Wildman–Crippen LogP) is 1.30. The highest BCUT2D eigenvalue weighted by molar-refractivity contribution is 7.92. The number of esters is 1. The smallest absolute Gasteiger partial charge is 0.336 e. The second-order valence-corrected chi connectivity index (χ2v) is 7.05. The maximum Gasteiger partial charge on any atom is 0.336 e. The molecule has 0 aliphatic carbocycles. The molecule has 0 radical (unpaired) electrons. The molecule has 0 amide bonds. The summed E-state index contributed by atoms with van der Waals surface area (Å²) in [5.41, 5.74) is 1.18. The van der Waals surface area contributed by atoms with Crippen LogP contribution in [0.4, 0.5) is 0 Å². The van der Waals surface area contributed by atoms with Gasteiger partial charge in [0.2, 0.25) is 5.44 Å². The lowest BCUT2D eigenvalue weighted by atomic mass is 9.94. The molecule has 3 heterocycles. The molecule has 6 nitrogen and oxygen atoms in total. The second kappa shape index (κ2) is 5.38. The van der Waals surface area contributed by atoms with Gasteiger partial charge in [-0.2, -0.15) is 0 Å². The lowest BCUT2D eigenvalue weighted by Gasteiger charge is -2.12. The van der Waals surface area contributed by atoms with E-state index in [1.807, 2.05) is 18.2 Å². The fraction of sp³-hybridized carbons (Fsp3) is 0.312. The summed E-state index contributed by atoms with van der Waals surface area (Å²) in [5.74, 6) is -0.758. The molecule has 3 aliphatic rings. The van der Waals surface area contributed by atoms with Crippen molar-refractivity contribution in [2.75, 3.05) is 0 Å². The number of carbonyl (C=O) groups excluding carboxylic acids is 1. The zero-order valence-electron chi connectivity index (χ0n) is 12.2. The summed E-state index contributed by atoms with van der Waals surface area (Å²) in [4.78, 5) is 12.0. The van der Waals surface area contributed by atoms with Gasteiger partial charge in [-0.3, -0.25) is 4.74 Å². The second-order valence-electron chi connectivity index (χ2n) is 5.55. The number of fused-ring (bicyclic) bond motifs is 3. The van der Waals surface area contributed by atoms with E-state index >= 15 is 0 Å². The van der Waals surface area contributed by atoms with Crippen LogP contribution in [0.25, 0.3) is 0 Å². The van der Waals surface area contributed by atoms with Crippen molar-refractivity contribution in [3.8, 4) is 0 Å². The summed E-state index contributed by atoms with van der Waals surface area (Å²) in [7, 11) is 0. The van der Waals surface area contributed by atoms with Crippen LogP contribution < -0.4 is 0 Å². The Labute approximate surface area is 135 Å². The van der Waals surface area contributed by atoms with Crippen LogP contribution in [-0.4, -0.2) is 33.6 Å². The number of cyclic esters (lactones) is 1. The zero-order chi connectivity index (χ0) is 16.1. The van der Waals surface area contributed by atoms with Gasteiger partial charge < -0.3 is 19.1 Å². The molecule has 0 bridgehead atoms. The Hall–Kier alpha value is -1.80. The Morgan fingerprint density at radius 1 is 1.39 bits per heavy atom. The van der Waals surface area contributed by atoms with E-state index in [9.17, 15) is 14.5 Å². The molecule has 120 valence electrons. The molecular formula is C16H14O6S. The van der Waals surface area contributed by atoms with E-state index in [2.05, 4.69) is 0 Å². The number of carbonyl (C=O) groups is 1. The Morgan fingerprint density at radius 3 is 2.91 bits per heavy atom. The molecule has 7 heteroatoms. The molecule has 0 spiro atoms. The summed E-state index contributed by atoms with van der Waals surface area (Å²) in [6.45, 7) is 1.64. The minimum Gasteiger partial charge on any atom is -0.609 e. The van der Waals surface area contributed by atoms with Crippen molar-refractivity contribution < 1.29 is 28.7 Å². The van der Waals surface area contributed by atoms with Crippen molar-refractivity contribution >= 4 is 17.1 Å². The minimum atomic E-state index is -1.34. The van der Waals surface area contributed by atoms with Gasteiger partial charge in [0, 0.05) is 34.0 Å². The molecule has 3 aliphatic heterocycles. The van der Waals surface area contributed by atoms with Crippen molar-refractivity contribution in [3.05, 3.63) is 53.3 Å². The van der Waals surface area contributed by atoms with Crippen molar-refractivity contribution in [2.24, 2.45) is 0 Å². The molecule has 1 aromatic rings. The number of benzene rings is 1. The van der Waals surface area contributed by atoms with Gasteiger partial charge in [0.15, 0.2) is 11.2 Å². The first-order chi connectivity index (χ1) is 11.1. The van der Waals surface area contributed by atoms with E-state index in [0.717, 1.165) is 5.56 Å². The van der Waals surface area contributed by atoms with Crippen molar-refractivity contribution in [1.82, 2.24) is 0 Å². The van der Waals surface area contributed by atoms with Crippen LogP contribution in [0.15, 0.2) is 52.6 Å². The van der Waals surface area contributed by atoms with Crippen molar-refractivity contribution in [2.45, 2.75) is 35.8 Å². The number of rotatable bonds is 2. The standard InChI is InChI=1S/C16H14O6S/c1-8-6-12(21-14(8)17)20-7-10-13-9-4-2-3-5-11(9)23(19)16(13)22-15(10)18/h2-7,12-13,15-16,18H,1H3/b10-7+. The summed E-state index contributed by atoms with van der Waals surface area (Å²) in [5, 5.41) is 10.1. The average molecular weight is 334 g/mol. The Bertz CT molecular complexity index is 727. The summed E-state index contributed by atoms with van der Waals surface area (Å²) in [6.07, 6.45) is 0.898. The SMILES string of the molecule is CC1=CC(O/C=C2/C(O)OC3C2c2ccccc2[S+]3[O-])OC1=O. The molecule has 1 aromatic carbocycles. The van der Waals surface area contributed by atoms with Gasteiger partial charge in [0.25, 0.3) is 6.29 Å². The Kier molecular flexibility index (Phi) is 3.46. The topological polar surface area (TPSA) is 88.1 Å². The van der Waals surface area contributed by atoms with Crippen LogP contribution >= 0.6 is 0 Å². The maximum atomic E-state index is 12.4. The van der Waals surface area contributed by atoms with Crippen LogP contribution in [0, 0.1) is 0 Å². The highest BCUT2D eigenvalue weighted by Crippen LogP contribution is 2.50. The lowest BCUT2D eigenvalue weighted by Crippen LogP contribution is -2.19. The number of hydrogen-bond donors (Lipinski definition) is 1. The fourth-order valence-corrected chi connectivity index (χ4v) is 4.64. The van der Waals surface area contributed by atoms with Crippen LogP contribution in [0.5, 0.6) is 0 Å². The Balaban J connectivity index is 1.62. The number of aliphatic hydroxyl groups excluding tert-OH is 1. The van der Waals surface area contributed by atoms with E-state index in [-0.39, 0.29) is 5.92 Å². The molecule has 0 aromatic heterocycles. The first-order valence-electron chi connectivity index (χ1n) is 7.14. The molecule has 5 unspecified atom stereocenters. The molecule has 1 saturated heterocycles. The fourth-order valence-electron chi connectivity index (χ4n) is 2.99.